The predicted molar refractivity (Wildman–Crippen MR) is 115 cm³/mol. The maximum Gasteiger partial charge on any atom is 0.421 e. The molecule has 0 aromatic heterocycles. The van der Waals surface area contributed by atoms with Crippen molar-refractivity contribution in [1.82, 2.24) is 0 Å². The predicted octanol–water partition coefficient (Wildman–Crippen LogP) is 4.46. The number of nitrogens with one attached hydrogen (secondary N) is 1. The Morgan fingerprint density at radius 1 is 1.06 bits per heavy atom. The van der Waals surface area contributed by atoms with Gasteiger partial charge in [-0.25, -0.2) is 8.42 Å². The number of carbonyl (C=O) groups excluding carboxylic acids is 1. The average Bonchev–Trinajstić information content (AvgIpc) is 3.50. The molecule has 174 valence electrons. The molecule has 1 saturated carbocycles. The van der Waals surface area contributed by atoms with Gasteiger partial charge in [0.2, 0.25) is 5.91 Å². The quantitative estimate of drug-likeness (QED) is 0.598. The maximum atomic E-state index is 13.4. The zero-order valence-corrected chi connectivity index (χ0v) is 18.6. The van der Waals surface area contributed by atoms with E-state index in [1.807, 2.05) is 0 Å². The lowest BCUT2D eigenvalue weighted by molar-refractivity contribution is -0.283. The van der Waals surface area contributed by atoms with Crippen LogP contribution in [0.25, 0.3) is 0 Å². The highest BCUT2D eigenvalue weighted by Gasteiger charge is 2.56. The van der Waals surface area contributed by atoms with Gasteiger partial charge in [0.1, 0.15) is 0 Å². The first kappa shape index (κ1) is 24.3. The number of benzene rings is 2. The van der Waals surface area contributed by atoms with Crippen molar-refractivity contribution in [3.05, 3.63) is 59.7 Å². The summed E-state index contributed by atoms with van der Waals surface area (Å²) in [5.74, 6) is -1.12. The topological polar surface area (TPSA) is 83.5 Å². The van der Waals surface area contributed by atoms with Crippen LogP contribution in [-0.4, -0.2) is 31.4 Å². The third-order valence-electron chi connectivity index (χ3n) is 5.68. The molecule has 0 heterocycles. The van der Waals surface area contributed by atoms with Crippen molar-refractivity contribution in [1.29, 1.82) is 0 Å². The number of hydrogen-bond acceptors (Lipinski definition) is 4. The van der Waals surface area contributed by atoms with E-state index < -0.39 is 33.4 Å². The van der Waals surface area contributed by atoms with Crippen molar-refractivity contribution in [2.24, 2.45) is 11.8 Å². The van der Waals surface area contributed by atoms with E-state index in [4.69, 9.17) is 0 Å². The Balaban J connectivity index is 1.64. The van der Waals surface area contributed by atoms with Crippen molar-refractivity contribution >= 4 is 21.4 Å². The summed E-state index contributed by atoms with van der Waals surface area (Å²) in [5.41, 5.74) is -2.40. The van der Waals surface area contributed by atoms with E-state index in [1.54, 1.807) is 12.1 Å². The highest BCUT2D eigenvalue weighted by Crippen LogP contribution is 2.44. The van der Waals surface area contributed by atoms with E-state index in [-0.39, 0.29) is 34.2 Å². The van der Waals surface area contributed by atoms with Gasteiger partial charge in [0, 0.05) is 5.69 Å². The fourth-order valence-corrected chi connectivity index (χ4v) is 5.23. The van der Waals surface area contributed by atoms with Gasteiger partial charge < -0.3 is 10.4 Å². The Morgan fingerprint density at radius 2 is 1.62 bits per heavy atom. The number of anilines is 1. The van der Waals surface area contributed by atoms with Crippen LogP contribution >= 0.6 is 0 Å². The van der Waals surface area contributed by atoms with E-state index in [1.165, 1.54) is 38.1 Å². The first-order valence-electron chi connectivity index (χ1n) is 10.3. The molecule has 5 nitrogen and oxygen atoms in total. The summed E-state index contributed by atoms with van der Waals surface area (Å²) in [7, 11) is -3.32. The Bertz CT molecular complexity index is 1060. The van der Waals surface area contributed by atoms with Gasteiger partial charge in [0.05, 0.1) is 17.1 Å². The van der Waals surface area contributed by atoms with Gasteiger partial charge in [-0.3, -0.25) is 4.79 Å². The van der Waals surface area contributed by atoms with Crippen molar-refractivity contribution < 1.29 is 31.5 Å². The molecule has 1 aliphatic rings. The number of rotatable bonds is 8. The second-order valence-electron chi connectivity index (χ2n) is 8.59. The summed E-state index contributed by atoms with van der Waals surface area (Å²) < 4.78 is 64.8. The fourth-order valence-electron chi connectivity index (χ4n) is 3.53. The number of hydrogen-bond donors (Lipinski definition) is 2. The highest BCUT2D eigenvalue weighted by molar-refractivity contribution is 7.91. The molecule has 0 bridgehead atoms. The summed E-state index contributed by atoms with van der Waals surface area (Å²) in [6, 6.07) is 11.0. The molecule has 0 aliphatic heterocycles. The van der Waals surface area contributed by atoms with E-state index in [2.05, 4.69) is 5.32 Å². The molecule has 1 atom stereocenters. The van der Waals surface area contributed by atoms with Crippen LogP contribution in [0, 0.1) is 11.8 Å². The zero-order chi connectivity index (χ0) is 23.7. The standard InChI is InChI=1S/C23H26F3NO4S/c1-15(2)22(29,23(24,25)26)18-7-9-19(10-8-18)27-21(28)13-16-5-11-20(12-6-16)32(30,31)14-17-3-4-17/h5-12,15,17,29H,3-4,13-14H2,1-2H3,(H,27,28). The Morgan fingerprint density at radius 3 is 2.09 bits per heavy atom. The lowest BCUT2D eigenvalue weighted by atomic mass is 9.82. The molecule has 1 fully saturated rings. The first-order chi connectivity index (χ1) is 14.8. The molecule has 1 amide bonds. The molecular weight excluding hydrogens is 443 g/mol. The SMILES string of the molecule is CC(C)C(O)(c1ccc(NC(=O)Cc2ccc(S(=O)(=O)CC3CC3)cc2)cc1)C(F)(F)F. The molecule has 32 heavy (non-hydrogen) atoms. The molecule has 0 saturated heterocycles. The van der Waals surface area contributed by atoms with Crippen LogP contribution < -0.4 is 5.32 Å². The molecule has 1 unspecified atom stereocenters. The number of sulfone groups is 1. The molecule has 0 spiro atoms. The Labute approximate surface area is 185 Å². The molecular formula is C23H26F3NO4S. The molecule has 2 aromatic carbocycles. The van der Waals surface area contributed by atoms with Crippen molar-refractivity contribution in [2.45, 2.75) is 49.8 Å². The summed E-state index contributed by atoms with van der Waals surface area (Å²) >= 11 is 0. The van der Waals surface area contributed by atoms with Crippen LogP contribution in [0.2, 0.25) is 0 Å². The minimum Gasteiger partial charge on any atom is -0.376 e. The minimum absolute atomic E-state index is 0.0246. The van der Waals surface area contributed by atoms with Gasteiger partial charge >= 0.3 is 6.18 Å². The van der Waals surface area contributed by atoms with Crippen molar-refractivity contribution in [3.63, 3.8) is 0 Å². The summed E-state index contributed by atoms with van der Waals surface area (Å²) in [6.45, 7) is 2.57. The van der Waals surface area contributed by atoms with Crippen LogP contribution in [-0.2, 0) is 26.7 Å². The van der Waals surface area contributed by atoms with E-state index >= 15 is 0 Å². The Kier molecular flexibility index (Phi) is 6.72. The average molecular weight is 470 g/mol. The lowest BCUT2D eigenvalue weighted by Gasteiger charge is -2.34. The lowest BCUT2D eigenvalue weighted by Crippen LogP contribution is -2.46. The monoisotopic (exact) mass is 469 g/mol. The maximum absolute atomic E-state index is 13.4. The number of amides is 1. The second kappa shape index (κ2) is 8.86. The number of halogens is 3. The number of aliphatic hydroxyl groups is 1. The van der Waals surface area contributed by atoms with Gasteiger partial charge in [-0.15, -0.1) is 0 Å². The number of alkyl halides is 3. The van der Waals surface area contributed by atoms with E-state index in [0.29, 0.717) is 5.56 Å². The van der Waals surface area contributed by atoms with Crippen LogP contribution in [0.5, 0.6) is 0 Å². The summed E-state index contributed by atoms with van der Waals surface area (Å²) in [5, 5.41) is 12.8. The normalized spacial score (nSPS) is 16.6. The van der Waals surface area contributed by atoms with Crippen molar-refractivity contribution in [3.8, 4) is 0 Å². The van der Waals surface area contributed by atoms with Gasteiger partial charge in [0.25, 0.3) is 0 Å². The number of carbonyl (C=O) groups is 1. The van der Waals surface area contributed by atoms with Crippen LogP contribution in [0.3, 0.4) is 0 Å². The van der Waals surface area contributed by atoms with Crippen molar-refractivity contribution in [2.75, 3.05) is 11.1 Å². The van der Waals surface area contributed by atoms with E-state index in [0.717, 1.165) is 25.0 Å². The molecule has 2 N–H and O–H groups in total. The Hall–Kier alpha value is -2.39. The molecule has 2 aromatic rings. The van der Waals surface area contributed by atoms with E-state index in [9.17, 15) is 31.5 Å². The fraction of sp³-hybridized carbons (Fsp3) is 0.435. The third-order valence-corrected chi connectivity index (χ3v) is 7.58. The smallest absolute Gasteiger partial charge is 0.376 e. The van der Waals surface area contributed by atoms with Gasteiger partial charge in [-0.2, -0.15) is 13.2 Å². The van der Waals surface area contributed by atoms with Gasteiger partial charge in [-0.05, 0) is 60.1 Å². The van der Waals surface area contributed by atoms with Gasteiger partial charge in [-0.1, -0.05) is 38.1 Å². The molecule has 1 aliphatic carbocycles. The summed E-state index contributed by atoms with van der Waals surface area (Å²) in [4.78, 5) is 12.5. The second-order valence-corrected chi connectivity index (χ2v) is 10.6. The van der Waals surface area contributed by atoms with Crippen LogP contribution in [0.15, 0.2) is 53.4 Å². The molecule has 0 radical (unpaired) electrons. The van der Waals surface area contributed by atoms with Crippen LogP contribution in [0.4, 0.5) is 18.9 Å². The zero-order valence-electron chi connectivity index (χ0n) is 17.8. The molecule has 3 rings (SSSR count). The first-order valence-corrected chi connectivity index (χ1v) is 12.0. The highest BCUT2D eigenvalue weighted by atomic mass is 32.2. The van der Waals surface area contributed by atoms with Crippen LogP contribution in [0.1, 0.15) is 37.8 Å². The summed E-state index contributed by atoms with van der Waals surface area (Å²) in [6.07, 6.45) is -3.00. The molecule has 9 heteroatoms. The van der Waals surface area contributed by atoms with Gasteiger partial charge in [0.15, 0.2) is 15.4 Å². The minimum atomic E-state index is -4.84. The largest absolute Gasteiger partial charge is 0.421 e. The third kappa shape index (κ3) is 5.32.